The summed E-state index contributed by atoms with van der Waals surface area (Å²) in [6, 6.07) is 23.7. The van der Waals surface area contributed by atoms with Crippen LogP contribution in [0.3, 0.4) is 0 Å². The van der Waals surface area contributed by atoms with Gasteiger partial charge < -0.3 is 15.5 Å². The Kier molecular flexibility index (Phi) is 7.40. The second kappa shape index (κ2) is 10.5. The van der Waals surface area contributed by atoms with Crippen LogP contribution in [0.15, 0.2) is 94.5 Å². The first-order valence-corrected chi connectivity index (χ1v) is 13.7. The quantitative estimate of drug-likeness (QED) is 0.254. The first-order chi connectivity index (χ1) is 17.4. The molecule has 36 heavy (non-hydrogen) atoms. The molecule has 2 heterocycles. The predicted octanol–water partition coefficient (Wildman–Crippen LogP) is 6.70. The number of nitrogens with zero attached hydrogens (tertiary/aromatic N) is 1. The van der Waals surface area contributed by atoms with E-state index in [9.17, 15) is 14.6 Å². The molecule has 0 aliphatic carbocycles. The molecule has 1 aromatic heterocycles. The number of hydrogen-bond donors (Lipinski definition) is 3. The molecule has 1 aliphatic rings. The van der Waals surface area contributed by atoms with Gasteiger partial charge in [-0.05, 0) is 83.5 Å². The lowest BCUT2D eigenvalue weighted by Crippen LogP contribution is -2.62. The number of likely N-dealkylation sites (tertiary alicyclic amines) is 1. The fraction of sp³-hybridized carbons (Fsp3) is 0.214. The van der Waals surface area contributed by atoms with Gasteiger partial charge in [0.05, 0.1) is 21.9 Å². The van der Waals surface area contributed by atoms with Crippen LogP contribution in [-0.4, -0.2) is 39.7 Å². The first-order valence-electron chi connectivity index (χ1n) is 11.5. The molecule has 3 N–H and O–H groups in total. The van der Waals surface area contributed by atoms with Crippen LogP contribution in [0.1, 0.15) is 17.5 Å². The largest absolute Gasteiger partial charge is 0.392 e. The van der Waals surface area contributed by atoms with Crippen molar-refractivity contribution in [1.29, 1.82) is 0 Å². The number of rotatable bonds is 6. The molecule has 0 saturated carbocycles. The molecule has 4 atom stereocenters. The summed E-state index contributed by atoms with van der Waals surface area (Å²) in [4.78, 5) is 2.78. The Hall–Kier alpha value is -2.39. The summed E-state index contributed by atoms with van der Waals surface area (Å²) in [5.74, 6) is -0.290. The van der Waals surface area contributed by atoms with E-state index in [0.717, 1.165) is 27.4 Å². The molecule has 4 nitrogen and oxygen atoms in total. The lowest BCUT2D eigenvalue weighted by Gasteiger charge is -2.52. The van der Waals surface area contributed by atoms with Gasteiger partial charge in [0.25, 0.3) is 0 Å². The summed E-state index contributed by atoms with van der Waals surface area (Å²) in [6.45, 7) is 0. The van der Waals surface area contributed by atoms with Crippen LogP contribution < -0.4 is 5.32 Å². The molecule has 4 aromatic rings. The number of aliphatic hydroxyl groups is 2. The Labute approximate surface area is 223 Å². The Bertz CT molecular complexity index is 1320. The highest BCUT2D eigenvalue weighted by Gasteiger charge is 2.51. The number of thiophene rings is 1. The molecular weight excluding hydrogens is 515 g/mol. The smallest absolute Gasteiger partial charge is 0.123 e. The van der Waals surface area contributed by atoms with Gasteiger partial charge in [-0.15, -0.1) is 11.8 Å². The standard InChI is InChI=1S/C28H26ClFN2O2S2/c1-32-27(34)26(36-25-8-3-2-7-23(25)29)24(33)16-28(32,19-13-14-35-17-19)18-5-4-6-22(15-18)31-21-11-9-20(30)10-12-21/h2-15,17,24,26-27,31,33-34H,16H2,1H3. The van der Waals surface area contributed by atoms with Crippen molar-refractivity contribution in [2.24, 2.45) is 0 Å². The number of benzene rings is 3. The monoisotopic (exact) mass is 540 g/mol. The fourth-order valence-electron chi connectivity index (χ4n) is 4.90. The molecule has 0 bridgehead atoms. The number of piperidine rings is 1. The highest BCUT2D eigenvalue weighted by molar-refractivity contribution is 8.00. The number of halogens is 2. The number of thioether (sulfide) groups is 1. The first kappa shape index (κ1) is 25.3. The summed E-state index contributed by atoms with van der Waals surface area (Å²) in [5, 5.41) is 30.5. The lowest BCUT2D eigenvalue weighted by molar-refractivity contribution is -0.108. The normalized spacial score (nSPS) is 24.5. The van der Waals surface area contributed by atoms with E-state index in [1.54, 1.807) is 23.5 Å². The second-order valence-corrected chi connectivity index (χ2v) is 11.3. The molecule has 0 radical (unpaired) electrons. The van der Waals surface area contributed by atoms with Crippen molar-refractivity contribution < 1.29 is 14.6 Å². The number of nitrogens with one attached hydrogen (secondary N) is 1. The minimum Gasteiger partial charge on any atom is -0.392 e. The van der Waals surface area contributed by atoms with E-state index < -0.39 is 23.1 Å². The molecular formula is C28H26ClFN2O2S2. The van der Waals surface area contributed by atoms with Crippen molar-refractivity contribution >= 4 is 46.1 Å². The molecule has 3 aromatic carbocycles. The van der Waals surface area contributed by atoms with Crippen LogP contribution in [0.5, 0.6) is 0 Å². The third-order valence-corrected chi connectivity index (χ3v) is 9.31. The number of anilines is 2. The Morgan fingerprint density at radius 2 is 1.78 bits per heavy atom. The summed E-state index contributed by atoms with van der Waals surface area (Å²) in [5.41, 5.74) is 2.80. The molecule has 1 saturated heterocycles. The van der Waals surface area contributed by atoms with Crippen molar-refractivity contribution in [3.05, 3.63) is 112 Å². The Morgan fingerprint density at radius 3 is 2.50 bits per heavy atom. The van der Waals surface area contributed by atoms with Gasteiger partial charge in [-0.25, -0.2) is 4.39 Å². The highest BCUT2D eigenvalue weighted by atomic mass is 35.5. The van der Waals surface area contributed by atoms with E-state index in [4.69, 9.17) is 11.6 Å². The van der Waals surface area contributed by atoms with Crippen LogP contribution in [0.4, 0.5) is 15.8 Å². The van der Waals surface area contributed by atoms with Crippen LogP contribution >= 0.6 is 34.7 Å². The van der Waals surface area contributed by atoms with Gasteiger partial charge in [-0.3, -0.25) is 4.90 Å². The number of hydrogen-bond acceptors (Lipinski definition) is 6. The van der Waals surface area contributed by atoms with Crippen LogP contribution in [0.25, 0.3) is 0 Å². The molecule has 1 fully saturated rings. The predicted molar refractivity (Wildman–Crippen MR) is 147 cm³/mol. The van der Waals surface area contributed by atoms with Gasteiger partial charge in [-0.2, -0.15) is 11.3 Å². The van der Waals surface area contributed by atoms with Gasteiger partial charge in [-0.1, -0.05) is 35.9 Å². The summed E-state index contributed by atoms with van der Waals surface area (Å²) in [6.07, 6.45) is -1.35. The molecule has 186 valence electrons. The van der Waals surface area contributed by atoms with Crippen molar-refractivity contribution in [1.82, 2.24) is 4.90 Å². The Morgan fingerprint density at radius 1 is 1.00 bits per heavy atom. The fourth-order valence-corrected chi connectivity index (χ4v) is 7.08. The van der Waals surface area contributed by atoms with Crippen LogP contribution in [-0.2, 0) is 5.54 Å². The van der Waals surface area contributed by atoms with Crippen molar-refractivity contribution in [3.63, 3.8) is 0 Å². The number of aliphatic hydroxyl groups excluding tert-OH is 2. The minimum absolute atomic E-state index is 0.290. The van der Waals surface area contributed by atoms with Gasteiger partial charge >= 0.3 is 0 Å². The third kappa shape index (κ3) is 4.79. The summed E-state index contributed by atoms with van der Waals surface area (Å²) in [7, 11) is 1.90. The van der Waals surface area contributed by atoms with Gasteiger partial charge in [0.15, 0.2) is 0 Å². The van der Waals surface area contributed by atoms with E-state index in [1.807, 2.05) is 71.9 Å². The lowest BCUT2D eigenvalue weighted by atomic mass is 9.74. The topological polar surface area (TPSA) is 55.7 Å². The summed E-state index contributed by atoms with van der Waals surface area (Å²) >= 11 is 9.35. The van der Waals surface area contributed by atoms with Gasteiger partial charge in [0.1, 0.15) is 12.0 Å². The molecule has 8 heteroatoms. The second-order valence-electron chi connectivity index (χ2n) is 8.89. The summed E-state index contributed by atoms with van der Waals surface area (Å²) < 4.78 is 13.4. The Balaban J connectivity index is 1.51. The van der Waals surface area contributed by atoms with Crippen LogP contribution in [0.2, 0.25) is 5.02 Å². The van der Waals surface area contributed by atoms with Crippen molar-refractivity contribution in [2.75, 3.05) is 12.4 Å². The zero-order chi connectivity index (χ0) is 25.3. The molecule has 0 amide bonds. The zero-order valence-corrected chi connectivity index (χ0v) is 21.9. The molecule has 0 spiro atoms. The highest BCUT2D eigenvalue weighted by Crippen LogP contribution is 2.49. The maximum Gasteiger partial charge on any atom is 0.123 e. The van der Waals surface area contributed by atoms with E-state index in [-0.39, 0.29) is 5.82 Å². The molecule has 1 aliphatic heterocycles. The maximum atomic E-state index is 13.4. The van der Waals surface area contributed by atoms with E-state index in [1.165, 1.54) is 23.9 Å². The zero-order valence-electron chi connectivity index (χ0n) is 19.5. The van der Waals surface area contributed by atoms with E-state index >= 15 is 0 Å². The van der Waals surface area contributed by atoms with Gasteiger partial charge in [0.2, 0.25) is 0 Å². The third-order valence-electron chi connectivity index (χ3n) is 6.75. The minimum atomic E-state index is -0.941. The average Bonchev–Trinajstić information content (AvgIpc) is 3.42. The molecule has 4 unspecified atom stereocenters. The average molecular weight is 541 g/mol. The SMILES string of the molecule is CN1C(O)C(Sc2ccccc2Cl)C(O)CC1(c1ccsc1)c1cccc(Nc2ccc(F)cc2)c1. The van der Waals surface area contributed by atoms with Crippen LogP contribution in [0, 0.1) is 5.82 Å². The van der Waals surface area contributed by atoms with E-state index in [2.05, 4.69) is 10.7 Å². The van der Waals surface area contributed by atoms with Crippen molar-refractivity contribution in [3.8, 4) is 0 Å². The van der Waals surface area contributed by atoms with Crippen molar-refractivity contribution in [2.45, 2.75) is 34.4 Å². The maximum absolute atomic E-state index is 13.4. The van der Waals surface area contributed by atoms with E-state index in [0.29, 0.717) is 11.4 Å². The molecule has 5 rings (SSSR count). The van der Waals surface area contributed by atoms with Gasteiger partial charge in [0, 0.05) is 22.7 Å².